The van der Waals surface area contributed by atoms with Gasteiger partial charge in [-0.2, -0.15) is 0 Å². The molecule has 2 aromatic carbocycles. The van der Waals surface area contributed by atoms with E-state index in [1.54, 1.807) is 0 Å². The summed E-state index contributed by atoms with van der Waals surface area (Å²) in [6.45, 7) is 1.13. The summed E-state index contributed by atoms with van der Waals surface area (Å²) in [5.74, 6) is 0. The van der Waals surface area contributed by atoms with E-state index in [-0.39, 0.29) is 35.5 Å². The molecule has 216 valence electrons. The standard InChI is InChI=1S/C27H38N2O6.3CH4/c30-17-5-1-3-7-19-34-26(32)28-24-13-9-22(10-14-24)21-23-11-15-25(16-12-23)29-27(33)35-20-8-4-2-6-18-31;;;/h9-16,30-31H,1-8,17-21H2,(H,28,32)(H,29,33);3*1H4. The molecule has 0 aliphatic carbocycles. The van der Waals surface area contributed by atoms with Crippen LogP contribution >= 0.6 is 0 Å². The van der Waals surface area contributed by atoms with E-state index in [9.17, 15) is 9.59 Å². The number of nitrogens with one attached hydrogen (secondary N) is 2. The van der Waals surface area contributed by atoms with Crippen LogP contribution in [0.15, 0.2) is 48.5 Å². The van der Waals surface area contributed by atoms with E-state index in [1.165, 1.54) is 0 Å². The minimum atomic E-state index is -0.469. The molecule has 0 aliphatic heterocycles. The summed E-state index contributed by atoms with van der Waals surface area (Å²) in [7, 11) is 0. The van der Waals surface area contributed by atoms with Gasteiger partial charge in [-0.1, -0.05) is 59.4 Å². The number of hydrogen-bond acceptors (Lipinski definition) is 6. The summed E-state index contributed by atoms with van der Waals surface area (Å²) in [5.41, 5.74) is 3.53. The third-order valence-corrected chi connectivity index (χ3v) is 5.38. The molecule has 4 N–H and O–H groups in total. The van der Waals surface area contributed by atoms with E-state index in [4.69, 9.17) is 19.7 Å². The second-order valence-electron chi connectivity index (χ2n) is 8.37. The van der Waals surface area contributed by atoms with Crippen LogP contribution in [0.5, 0.6) is 0 Å². The van der Waals surface area contributed by atoms with E-state index in [2.05, 4.69) is 10.6 Å². The van der Waals surface area contributed by atoms with Gasteiger partial charge < -0.3 is 19.7 Å². The number of aliphatic hydroxyl groups is 2. The Morgan fingerprint density at radius 2 is 0.895 bits per heavy atom. The van der Waals surface area contributed by atoms with Gasteiger partial charge in [-0.05, 0) is 80.3 Å². The highest BCUT2D eigenvalue weighted by atomic mass is 16.6. The minimum absolute atomic E-state index is 0. The Balaban J connectivity index is 0. The van der Waals surface area contributed by atoms with Crippen molar-refractivity contribution in [3.8, 4) is 0 Å². The molecular weight excluding hydrogens is 484 g/mol. The molecule has 0 saturated carbocycles. The maximum absolute atomic E-state index is 11.9. The first-order valence-corrected chi connectivity index (χ1v) is 12.4. The van der Waals surface area contributed by atoms with E-state index in [1.807, 2.05) is 48.5 Å². The van der Waals surface area contributed by atoms with Gasteiger partial charge in [0.15, 0.2) is 0 Å². The average Bonchev–Trinajstić information content (AvgIpc) is 2.86. The Labute approximate surface area is 229 Å². The Morgan fingerprint density at radius 1 is 0.553 bits per heavy atom. The molecule has 0 bridgehead atoms. The van der Waals surface area contributed by atoms with Crippen LogP contribution in [0.2, 0.25) is 0 Å². The number of ether oxygens (including phenoxy) is 2. The van der Waals surface area contributed by atoms with Gasteiger partial charge in [-0.3, -0.25) is 10.6 Å². The Morgan fingerprint density at radius 3 is 1.24 bits per heavy atom. The molecule has 0 aromatic heterocycles. The quantitative estimate of drug-likeness (QED) is 0.167. The van der Waals surface area contributed by atoms with Gasteiger partial charge in [0.25, 0.3) is 0 Å². The molecule has 0 heterocycles. The molecule has 0 aliphatic rings. The number of hydrogen-bond donors (Lipinski definition) is 4. The lowest BCUT2D eigenvalue weighted by molar-refractivity contribution is 0.158. The highest BCUT2D eigenvalue weighted by Gasteiger charge is 2.05. The summed E-state index contributed by atoms with van der Waals surface area (Å²) < 4.78 is 10.3. The maximum atomic E-state index is 11.9. The van der Waals surface area contributed by atoms with Crippen molar-refractivity contribution >= 4 is 23.6 Å². The maximum Gasteiger partial charge on any atom is 0.411 e. The Bertz CT molecular complexity index is 785. The molecule has 2 amide bonds. The topological polar surface area (TPSA) is 117 Å². The molecule has 0 unspecified atom stereocenters. The van der Waals surface area contributed by atoms with Crippen molar-refractivity contribution in [2.75, 3.05) is 37.1 Å². The number of rotatable bonds is 16. The molecule has 2 aromatic rings. The van der Waals surface area contributed by atoms with Crippen molar-refractivity contribution in [3.63, 3.8) is 0 Å². The first-order chi connectivity index (χ1) is 17.1. The van der Waals surface area contributed by atoms with E-state index in [0.29, 0.717) is 24.6 Å². The number of amides is 2. The number of carbonyl (C=O) groups is 2. The van der Waals surface area contributed by atoms with E-state index >= 15 is 0 Å². The largest absolute Gasteiger partial charge is 0.449 e. The smallest absolute Gasteiger partial charge is 0.411 e. The fraction of sp³-hybridized carbons (Fsp3) is 0.533. The van der Waals surface area contributed by atoms with Gasteiger partial charge in [0.1, 0.15) is 0 Å². The summed E-state index contributed by atoms with van der Waals surface area (Å²) in [6.07, 6.45) is 6.63. The van der Waals surface area contributed by atoms with Crippen LogP contribution < -0.4 is 10.6 Å². The monoisotopic (exact) mass is 534 g/mol. The van der Waals surface area contributed by atoms with Crippen LogP contribution in [0.25, 0.3) is 0 Å². The molecule has 0 saturated heterocycles. The summed E-state index contributed by atoms with van der Waals surface area (Å²) in [5, 5.41) is 22.9. The number of aliphatic hydroxyl groups excluding tert-OH is 2. The predicted octanol–water partition coefficient (Wildman–Crippen LogP) is 7.39. The molecule has 38 heavy (non-hydrogen) atoms. The highest BCUT2D eigenvalue weighted by molar-refractivity contribution is 5.85. The lowest BCUT2D eigenvalue weighted by Crippen LogP contribution is -2.14. The van der Waals surface area contributed by atoms with Gasteiger partial charge in [-0.25, -0.2) is 9.59 Å². The molecule has 0 radical (unpaired) electrons. The van der Waals surface area contributed by atoms with Crippen molar-refractivity contribution < 1.29 is 29.3 Å². The first-order valence-electron chi connectivity index (χ1n) is 12.4. The van der Waals surface area contributed by atoms with Gasteiger partial charge in [0.2, 0.25) is 0 Å². The van der Waals surface area contributed by atoms with Crippen LogP contribution in [-0.2, 0) is 15.9 Å². The van der Waals surface area contributed by atoms with Crippen molar-refractivity contribution in [2.45, 2.75) is 80.1 Å². The van der Waals surface area contributed by atoms with Crippen LogP contribution in [0.1, 0.15) is 84.8 Å². The van der Waals surface area contributed by atoms with Crippen molar-refractivity contribution in [2.24, 2.45) is 0 Å². The molecule has 0 spiro atoms. The molecule has 0 atom stereocenters. The third kappa shape index (κ3) is 16.6. The summed E-state index contributed by atoms with van der Waals surface area (Å²) >= 11 is 0. The van der Waals surface area contributed by atoms with Crippen molar-refractivity contribution in [1.29, 1.82) is 0 Å². The van der Waals surface area contributed by atoms with Crippen LogP contribution in [0.4, 0.5) is 21.0 Å². The molecule has 8 heteroatoms. The molecule has 8 nitrogen and oxygen atoms in total. The first kappa shape index (κ1) is 37.1. The molecule has 2 rings (SSSR count). The molecular formula is C30H50N2O6. The Kier molecular flexibility index (Phi) is 22.5. The minimum Gasteiger partial charge on any atom is -0.449 e. The van der Waals surface area contributed by atoms with Crippen molar-refractivity contribution in [1.82, 2.24) is 0 Å². The molecule has 0 fully saturated rings. The number of unbranched alkanes of at least 4 members (excludes halogenated alkanes) is 6. The predicted molar refractivity (Wildman–Crippen MR) is 157 cm³/mol. The number of benzene rings is 2. The lowest BCUT2D eigenvalue weighted by Gasteiger charge is -2.09. The zero-order valence-corrected chi connectivity index (χ0v) is 20.3. The fourth-order valence-electron chi connectivity index (χ4n) is 3.42. The Hall–Kier alpha value is -3.10. The van der Waals surface area contributed by atoms with Gasteiger partial charge in [0.05, 0.1) is 13.2 Å². The summed E-state index contributed by atoms with van der Waals surface area (Å²) in [4.78, 5) is 23.8. The highest BCUT2D eigenvalue weighted by Crippen LogP contribution is 2.16. The fourth-order valence-corrected chi connectivity index (χ4v) is 3.42. The van der Waals surface area contributed by atoms with Crippen LogP contribution in [0.3, 0.4) is 0 Å². The zero-order valence-electron chi connectivity index (χ0n) is 20.3. The van der Waals surface area contributed by atoms with Crippen LogP contribution in [0, 0.1) is 0 Å². The summed E-state index contributed by atoms with van der Waals surface area (Å²) in [6, 6.07) is 15.2. The second-order valence-corrected chi connectivity index (χ2v) is 8.37. The SMILES string of the molecule is C.C.C.O=C(Nc1ccc(Cc2ccc(NC(=O)OCCCCCCO)cc2)cc1)OCCCCCCO. The average molecular weight is 535 g/mol. The van der Waals surface area contributed by atoms with Crippen LogP contribution in [-0.4, -0.2) is 48.8 Å². The third-order valence-electron chi connectivity index (χ3n) is 5.38. The van der Waals surface area contributed by atoms with Gasteiger partial charge in [-0.15, -0.1) is 0 Å². The number of anilines is 2. The second kappa shape index (κ2) is 23.0. The van der Waals surface area contributed by atoms with Crippen molar-refractivity contribution in [3.05, 3.63) is 59.7 Å². The van der Waals surface area contributed by atoms with Gasteiger partial charge in [0, 0.05) is 24.6 Å². The van der Waals surface area contributed by atoms with E-state index in [0.717, 1.165) is 68.9 Å². The lowest BCUT2D eigenvalue weighted by atomic mass is 10.0. The zero-order chi connectivity index (χ0) is 25.1. The van der Waals surface area contributed by atoms with Gasteiger partial charge >= 0.3 is 12.2 Å². The van der Waals surface area contributed by atoms with E-state index < -0.39 is 12.2 Å². The number of carbonyl (C=O) groups excluding carboxylic acids is 2. The normalized spacial score (nSPS) is 9.74.